The fourth-order valence-electron chi connectivity index (χ4n) is 5.63. The molecule has 1 saturated carbocycles. The first kappa shape index (κ1) is 17.5. The van der Waals surface area contributed by atoms with E-state index >= 15 is 0 Å². The van der Waals surface area contributed by atoms with Crippen LogP contribution >= 0.6 is 0 Å². The summed E-state index contributed by atoms with van der Waals surface area (Å²) in [5.74, 6) is 0.576. The predicted octanol–water partition coefficient (Wildman–Crippen LogP) is 3.43. The lowest BCUT2D eigenvalue weighted by Crippen LogP contribution is -2.62. The van der Waals surface area contributed by atoms with Gasteiger partial charge in [-0.1, -0.05) is 13.0 Å². The normalized spacial score (nSPS) is 36.2. The second-order valence-electron chi connectivity index (χ2n) is 8.34. The summed E-state index contributed by atoms with van der Waals surface area (Å²) >= 11 is 0. The number of aliphatic hydroxyl groups is 2. The highest BCUT2D eigenvalue weighted by molar-refractivity contribution is 5.44. The Labute approximate surface area is 154 Å². The third-order valence-corrected chi connectivity index (χ3v) is 7.05. The van der Waals surface area contributed by atoms with Gasteiger partial charge in [-0.3, -0.25) is 4.98 Å². The van der Waals surface area contributed by atoms with Crippen LogP contribution in [0.25, 0.3) is 0 Å². The highest BCUT2D eigenvalue weighted by atomic mass is 16.4. The minimum atomic E-state index is -1.28. The molecule has 0 amide bonds. The van der Waals surface area contributed by atoms with E-state index in [0.717, 1.165) is 24.8 Å². The first-order valence-electron chi connectivity index (χ1n) is 9.50. The van der Waals surface area contributed by atoms with E-state index in [9.17, 15) is 15.3 Å². The first-order valence-corrected chi connectivity index (χ1v) is 9.50. The van der Waals surface area contributed by atoms with Crippen LogP contribution in [0.4, 0.5) is 0 Å². The van der Waals surface area contributed by atoms with Gasteiger partial charge in [0.1, 0.15) is 11.4 Å². The summed E-state index contributed by atoms with van der Waals surface area (Å²) in [5, 5.41) is 32.9. The molecule has 2 unspecified atom stereocenters. The van der Waals surface area contributed by atoms with E-state index in [2.05, 4.69) is 11.9 Å². The number of rotatable bonds is 2. The van der Waals surface area contributed by atoms with Gasteiger partial charge in [0.25, 0.3) is 0 Å². The Morgan fingerprint density at radius 3 is 2.58 bits per heavy atom. The average Bonchev–Trinajstić information content (AvgIpc) is 2.63. The third-order valence-electron chi connectivity index (χ3n) is 7.05. The summed E-state index contributed by atoms with van der Waals surface area (Å²) in [4.78, 5) is 4.05. The van der Waals surface area contributed by atoms with Crippen LogP contribution in [0.5, 0.6) is 5.75 Å². The molecule has 1 heterocycles. The van der Waals surface area contributed by atoms with Crippen molar-refractivity contribution < 1.29 is 15.3 Å². The number of hydrogen-bond donors (Lipinski definition) is 3. The molecule has 2 aromatic rings. The SMILES string of the molecule is CC[C@@]12CC(C)(O)C(O)(c3ccncc3)C[C@H]1CCc1cc(O)ccc12. The molecule has 0 radical (unpaired) electrons. The third kappa shape index (κ3) is 2.32. The van der Waals surface area contributed by atoms with Crippen molar-refractivity contribution in [1.82, 2.24) is 4.98 Å². The Morgan fingerprint density at radius 2 is 1.88 bits per heavy atom. The van der Waals surface area contributed by atoms with Crippen LogP contribution in [0.1, 0.15) is 56.2 Å². The molecule has 2 aliphatic carbocycles. The highest BCUT2D eigenvalue weighted by Gasteiger charge is 2.60. The van der Waals surface area contributed by atoms with Gasteiger partial charge in [0.05, 0.1) is 5.60 Å². The molecule has 1 aromatic heterocycles. The molecule has 2 aliphatic rings. The fourth-order valence-corrected chi connectivity index (χ4v) is 5.63. The average molecular weight is 353 g/mol. The molecule has 0 bridgehead atoms. The van der Waals surface area contributed by atoms with Gasteiger partial charge in [0.2, 0.25) is 0 Å². The number of benzene rings is 1. The maximum Gasteiger partial charge on any atom is 0.118 e. The molecule has 138 valence electrons. The Hall–Kier alpha value is -1.91. The Bertz CT molecular complexity index is 819. The van der Waals surface area contributed by atoms with Gasteiger partial charge < -0.3 is 15.3 Å². The smallest absolute Gasteiger partial charge is 0.118 e. The number of phenolic OH excluding ortho intramolecular Hbond substituents is 1. The minimum Gasteiger partial charge on any atom is -0.508 e. The van der Waals surface area contributed by atoms with Gasteiger partial charge in [-0.25, -0.2) is 0 Å². The second-order valence-corrected chi connectivity index (χ2v) is 8.34. The van der Waals surface area contributed by atoms with Gasteiger partial charge in [-0.2, -0.15) is 0 Å². The van der Waals surface area contributed by atoms with Gasteiger partial charge in [0, 0.05) is 17.8 Å². The summed E-state index contributed by atoms with van der Waals surface area (Å²) in [6.07, 6.45) is 7.11. The molecule has 0 aliphatic heterocycles. The molecule has 4 atom stereocenters. The highest BCUT2D eigenvalue weighted by Crippen LogP contribution is 2.60. The van der Waals surface area contributed by atoms with Crippen molar-refractivity contribution in [1.29, 1.82) is 0 Å². The minimum absolute atomic E-state index is 0.177. The van der Waals surface area contributed by atoms with Crippen LogP contribution in [-0.2, 0) is 17.4 Å². The summed E-state index contributed by atoms with van der Waals surface area (Å²) in [7, 11) is 0. The molecular weight excluding hydrogens is 326 g/mol. The Morgan fingerprint density at radius 1 is 1.15 bits per heavy atom. The summed E-state index contributed by atoms with van der Waals surface area (Å²) in [6.45, 7) is 3.93. The van der Waals surface area contributed by atoms with E-state index < -0.39 is 11.2 Å². The second kappa shape index (κ2) is 5.80. The van der Waals surface area contributed by atoms with Crippen molar-refractivity contribution in [3.05, 3.63) is 59.4 Å². The van der Waals surface area contributed by atoms with Crippen LogP contribution in [0.3, 0.4) is 0 Å². The molecule has 1 aromatic carbocycles. The van der Waals surface area contributed by atoms with Crippen LogP contribution in [0.2, 0.25) is 0 Å². The van der Waals surface area contributed by atoms with Gasteiger partial charge >= 0.3 is 0 Å². The Balaban J connectivity index is 1.83. The predicted molar refractivity (Wildman–Crippen MR) is 99.9 cm³/mol. The molecule has 1 fully saturated rings. The van der Waals surface area contributed by atoms with Gasteiger partial charge in [-0.15, -0.1) is 0 Å². The molecule has 0 saturated heterocycles. The largest absolute Gasteiger partial charge is 0.508 e. The fraction of sp³-hybridized carbons (Fsp3) is 0.500. The van der Waals surface area contributed by atoms with Crippen LogP contribution < -0.4 is 0 Å². The molecule has 4 nitrogen and oxygen atoms in total. The quantitative estimate of drug-likeness (QED) is 0.773. The summed E-state index contributed by atoms with van der Waals surface area (Å²) in [5.41, 5.74) is 0.420. The summed E-state index contributed by atoms with van der Waals surface area (Å²) in [6, 6.07) is 9.25. The lowest BCUT2D eigenvalue weighted by atomic mass is 9.49. The number of nitrogens with zero attached hydrogens (tertiary/aromatic N) is 1. The number of aryl methyl sites for hydroxylation is 1. The van der Waals surface area contributed by atoms with Crippen LogP contribution in [0, 0.1) is 5.92 Å². The number of phenols is 1. The van der Waals surface area contributed by atoms with Crippen molar-refractivity contribution in [3.63, 3.8) is 0 Å². The Kier molecular flexibility index (Phi) is 3.90. The van der Waals surface area contributed by atoms with Crippen molar-refractivity contribution in [2.24, 2.45) is 5.92 Å². The van der Waals surface area contributed by atoms with E-state index in [0.29, 0.717) is 18.6 Å². The van der Waals surface area contributed by atoms with Crippen LogP contribution in [0.15, 0.2) is 42.7 Å². The van der Waals surface area contributed by atoms with Crippen molar-refractivity contribution >= 4 is 0 Å². The summed E-state index contributed by atoms with van der Waals surface area (Å²) < 4.78 is 0. The maximum absolute atomic E-state index is 11.6. The van der Waals surface area contributed by atoms with E-state index in [4.69, 9.17) is 0 Å². The zero-order valence-electron chi connectivity index (χ0n) is 15.4. The lowest BCUT2D eigenvalue weighted by molar-refractivity contribution is -0.205. The number of pyridine rings is 1. The van der Waals surface area contributed by atoms with Gasteiger partial charge in [-0.05, 0) is 85.9 Å². The number of hydrogen-bond acceptors (Lipinski definition) is 4. The number of aromatic hydroxyl groups is 1. The van der Waals surface area contributed by atoms with E-state index in [-0.39, 0.29) is 11.3 Å². The number of aromatic nitrogens is 1. The zero-order chi connectivity index (χ0) is 18.6. The van der Waals surface area contributed by atoms with Crippen molar-refractivity contribution in [2.75, 3.05) is 0 Å². The molecule has 0 spiro atoms. The zero-order valence-corrected chi connectivity index (χ0v) is 15.4. The standard InChI is InChI=1S/C22H27NO3/c1-3-21-14-20(2,25)22(26,16-8-10-23-11-9-16)13-17(21)5-4-15-12-18(24)6-7-19(15)21/h6-12,17,24-26H,3-5,13-14H2,1-2H3/t17-,20?,21-,22?/m1/s1. The van der Waals surface area contributed by atoms with E-state index in [1.165, 1.54) is 11.1 Å². The molecule has 26 heavy (non-hydrogen) atoms. The molecule has 4 rings (SSSR count). The molecular formula is C22H27NO3. The van der Waals surface area contributed by atoms with Crippen molar-refractivity contribution in [3.8, 4) is 5.75 Å². The monoisotopic (exact) mass is 353 g/mol. The van der Waals surface area contributed by atoms with E-state index in [1.54, 1.807) is 25.4 Å². The lowest BCUT2D eigenvalue weighted by Gasteiger charge is -2.59. The maximum atomic E-state index is 11.6. The molecule has 4 heteroatoms. The van der Waals surface area contributed by atoms with Gasteiger partial charge in [0.15, 0.2) is 0 Å². The van der Waals surface area contributed by atoms with E-state index in [1.807, 2.05) is 24.3 Å². The molecule has 3 N–H and O–H groups in total. The van der Waals surface area contributed by atoms with Crippen molar-refractivity contribution in [2.45, 2.75) is 62.6 Å². The first-order chi connectivity index (χ1) is 12.3. The topological polar surface area (TPSA) is 73.6 Å². The van der Waals surface area contributed by atoms with Crippen LogP contribution in [-0.4, -0.2) is 25.9 Å². The number of fused-ring (bicyclic) bond motifs is 3.